The Morgan fingerprint density at radius 2 is 1.94 bits per heavy atom. The zero-order valence-electron chi connectivity index (χ0n) is 9.18. The molecule has 1 rings (SSSR count). The molecule has 0 spiro atoms. The van der Waals surface area contributed by atoms with Crippen molar-refractivity contribution < 1.29 is 13.5 Å². The van der Waals surface area contributed by atoms with E-state index >= 15 is 0 Å². The average Bonchev–Trinajstić information content (AvgIpc) is 2.30. The van der Waals surface area contributed by atoms with E-state index in [0.717, 1.165) is 31.4 Å². The fraction of sp³-hybridized carbons (Fsp3) is 0.417. The minimum atomic E-state index is -0.588. The highest BCUT2D eigenvalue weighted by molar-refractivity contribution is 9.10. The van der Waals surface area contributed by atoms with E-state index in [4.69, 9.17) is 10.00 Å². The standard InChI is InChI=1S/C12H12BrF2NO/c13-9-7-11(15)12(8-10(9)14)17-6-4-2-1-3-5-16/h7-8H,1-4,6H2. The summed E-state index contributed by atoms with van der Waals surface area (Å²) in [6.07, 6.45) is 2.88. The predicted octanol–water partition coefficient (Wildman–Crippen LogP) is 4.19. The van der Waals surface area contributed by atoms with Gasteiger partial charge in [-0.15, -0.1) is 0 Å². The fourth-order valence-corrected chi connectivity index (χ4v) is 1.60. The number of benzene rings is 1. The summed E-state index contributed by atoms with van der Waals surface area (Å²) in [6.45, 7) is 0.323. The molecule has 0 N–H and O–H groups in total. The first-order valence-corrected chi connectivity index (χ1v) is 6.08. The lowest BCUT2D eigenvalue weighted by Crippen LogP contribution is -2.00. The molecule has 0 saturated heterocycles. The van der Waals surface area contributed by atoms with E-state index in [0.29, 0.717) is 13.0 Å². The molecule has 2 nitrogen and oxygen atoms in total. The van der Waals surface area contributed by atoms with Crippen molar-refractivity contribution in [1.29, 1.82) is 5.26 Å². The molecule has 0 aliphatic carbocycles. The van der Waals surface area contributed by atoms with Crippen LogP contribution in [0, 0.1) is 23.0 Å². The first kappa shape index (κ1) is 13.9. The summed E-state index contributed by atoms with van der Waals surface area (Å²) in [5.41, 5.74) is 0. The summed E-state index contributed by atoms with van der Waals surface area (Å²) >= 11 is 2.89. The lowest BCUT2D eigenvalue weighted by Gasteiger charge is -2.07. The number of hydrogen-bond donors (Lipinski definition) is 0. The zero-order valence-corrected chi connectivity index (χ0v) is 10.8. The van der Waals surface area contributed by atoms with Crippen molar-refractivity contribution >= 4 is 15.9 Å². The van der Waals surface area contributed by atoms with Gasteiger partial charge in [0.2, 0.25) is 0 Å². The predicted molar refractivity (Wildman–Crippen MR) is 63.6 cm³/mol. The van der Waals surface area contributed by atoms with Crippen LogP contribution >= 0.6 is 15.9 Å². The Morgan fingerprint density at radius 1 is 1.18 bits per heavy atom. The van der Waals surface area contributed by atoms with E-state index in [2.05, 4.69) is 15.9 Å². The summed E-state index contributed by atoms with van der Waals surface area (Å²) in [7, 11) is 0. The van der Waals surface area contributed by atoms with Crippen molar-refractivity contribution in [3.05, 3.63) is 28.2 Å². The van der Waals surface area contributed by atoms with Crippen LogP contribution in [-0.4, -0.2) is 6.61 Å². The van der Waals surface area contributed by atoms with E-state index in [-0.39, 0.29) is 10.2 Å². The van der Waals surface area contributed by atoms with Gasteiger partial charge in [0.1, 0.15) is 5.82 Å². The van der Waals surface area contributed by atoms with Crippen LogP contribution < -0.4 is 4.74 Å². The van der Waals surface area contributed by atoms with E-state index in [1.807, 2.05) is 6.07 Å². The highest BCUT2D eigenvalue weighted by atomic mass is 79.9. The molecule has 0 aromatic heterocycles. The monoisotopic (exact) mass is 303 g/mol. The summed E-state index contributed by atoms with van der Waals surface area (Å²) in [6, 6.07) is 4.11. The highest BCUT2D eigenvalue weighted by Crippen LogP contribution is 2.25. The first-order valence-electron chi connectivity index (χ1n) is 5.29. The lowest BCUT2D eigenvalue weighted by atomic mass is 10.2. The maximum atomic E-state index is 13.3. The largest absolute Gasteiger partial charge is 0.490 e. The van der Waals surface area contributed by atoms with Crippen LogP contribution in [0.5, 0.6) is 5.75 Å². The van der Waals surface area contributed by atoms with Gasteiger partial charge in [0.15, 0.2) is 11.6 Å². The van der Waals surface area contributed by atoms with Gasteiger partial charge in [-0.1, -0.05) is 0 Å². The van der Waals surface area contributed by atoms with E-state index in [9.17, 15) is 8.78 Å². The van der Waals surface area contributed by atoms with Crippen molar-refractivity contribution in [3.8, 4) is 11.8 Å². The summed E-state index contributed by atoms with van der Waals surface area (Å²) in [5, 5.41) is 8.32. The Balaban J connectivity index is 2.37. The maximum absolute atomic E-state index is 13.3. The molecule has 1 aromatic carbocycles. The second-order valence-electron chi connectivity index (χ2n) is 3.51. The minimum Gasteiger partial charge on any atom is -0.490 e. The summed E-state index contributed by atoms with van der Waals surface area (Å²) in [4.78, 5) is 0. The van der Waals surface area contributed by atoms with Crippen LogP contribution in [0.1, 0.15) is 25.7 Å². The molecule has 0 bridgehead atoms. The molecule has 0 amide bonds. The number of hydrogen-bond acceptors (Lipinski definition) is 2. The van der Waals surface area contributed by atoms with Crippen molar-refractivity contribution in [1.82, 2.24) is 0 Å². The molecular formula is C12H12BrF2NO. The number of halogens is 3. The third kappa shape index (κ3) is 4.70. The van der Waals surface area contributed by atoms with Crippen LogP contribution in [0.4, 0.5) is 8.78 Å². The Kier molecular flexibility index (Phi) is 5.92. The van der Waals surface area contributed by atoms with Crippen molar-refractivity contribution in [2.24, 2.45) is 0 Å². The van der Waals surface area contributed by atoms with E-state index < -0.39 is 11.6 Å². The van der Waals surface area contributed by atoms with Gasteiger partial charge in [-0.05, 0) is 41.3 Å². The Labute approximate surface area is 107 Å². The quantitative estimate of drug-likeness (QED) is 0.583. The van der Waals surface area contributed by atoms with Gasteiger partial charge in [0.25, 0.3) is 0 Å². The minimum absolute atomic E-state index is 0.0778. The maximum Gasteiger partial charge on any atom is 0.166 e. The van der Waals surface area contributed by atoms with Crippen LogP contribution in [0.25, 0.3) is 0 Å². The second-order valence-corrected chi connectivity index (χ2v) is 4.37. The van der Waals surface area contributed by atoms with Gasteiger partial charge < -0.3 is 4.74 Å². The summed E-state index contributed by atoms with van der Waals surface area (Å²) in [5.74, 6) is -1.22. The molecule has 0 atom stereocenters. The van der Waals surface area contributed by atoms with Crippen LogP contribution in [-0.2, 0) is 0 Å². The van der Waals surface area contributed by atoms with Crippen molar-refractivity contribution in [3.63, 3.8) is 0 Å². The Morgan fingerprint density at radius 3 is 2.65 bits per heavy atom. The average molecular weight is 304 g/mol. The van der Waals surface area contributed by atoms with Gasteiger partial charge in [-0.2, -0.15) is 5.26 Å². The molecule has 0 unspecified atom stereocenters. The van der Waals surface area contributed by atoms with Gasteiger partial charge in [0, 0.05) is 12.5 Å². The van der Waals surface area contributed by atoms with Crippen LogP contribution in [0.15, 0.2) is 16.6 Å². The van der Waals surface area contributed by atoms with Gasteiger partial charge in [0.05, 0.1) is 17.1 Å². The van der Waals surface area contributed by atoms with Gasteiger partial charge in [-0.3, -0.25) is 0 Å². The molecule has 0 fully saturated rings. The molecule has 0 saturated carbocycles. The molecule has 0 radical (unpaired) electrons. The highest BCUT2D eigenvalue weighted by Gasteiger charge is 2.08. The third-order valence-corrected chi connectivity index (χ3v) is 2.77. The molecule has 17 heavy (non-hydrogen) atoms. The van der Waals surface area contributed by atoms with Crippen molar-refractivity contribution in [2.45, 2.75) is 25.7 Å². The van der Waals surface area contributed by atoms with Crippen LogP contribution in [0.3, 0.4) is 0 Å². The number of unbranched alkanes of at least 4 members (excludes halogenated alkanes) is 3. The molecular weight excluding hydrogens is 292 g/mol. The smallest absolute Gasteiger partial charge is 0.166 e. The number of nitriles is 1. The third-order valence-electron chi connectivity index (χ3n) is 2.17. The molecule has 0 aliphatic rings. The van der Waals surface area contributed by atoms with Crippen LogP contribution in [0.2, 0.25) is 0 Å². The number of nitrogens with zero attached hydrogens (tertiary/aromatic N) is 1. The Bertz CT molecular complexity index is 418. The molecule has 0 aliphatic heterocycles. The molecule has 1 aromatic rings. The topological polar surface area (TPSA) is 33.0 Å². The first-order chi connectivity index (χ1) is 8.15. The number of rotatable bonds is 6. The number of ether oxygens (including phenoxy) is 1. The van der Waals surface area contributed by atoms with Crippen molar-refractivity contribution in [2.75, 3.05) is 6.61 Å². The normalized spacial score (nSPS) is 10.0. The molecule has 92 valence electrons. The second kappa shape index (κ2) is 7.23. The van der Waals surface area contributed by atoms with Gasteiger partial charge in [-0.25, -0.2) is 8.78 Å². The summed E-state index contributed by atoms with van der Waals surface area (Å²) < 4.78 is 31.6. The molecule has 5 heteroatoms. The van der Waals surface area contributed by atoms with E-state index in [1.165, 1.54) is 0 Å². The SMILES string of the molecule is N#CCCCCCOc1cc(F)c(Br)cc1F. The lowest BCUT2D eigenvalue weighted by molar-refractivity contribution is 0.289. The fourth-order valence-electron chi connectivity index (χ4n) is 1.28. The Hall–Kier alpha value is -1.15. The van der Waals surface area contributed by atoms with E-state index in [1.54, 1.807) is 0 Å². The van der Waals surface area contributed by atoms with Gasteiger partial charge >= 0.3 is 0 Å². The molecule has 0 heterocycles. The zero-order chi connectivity index (χ0) is 12.7.